The predicted molar refractivity (Wildman–Crippen MR) is 169 cm³/mol. The Hall–Kier alpha value is -3.09. The average molecular weight is 558 g/mol. The highest BCUT2D eigenvalue weighted by Gasteiger charge is 2.55. The van der Waals surface area contributed by atoms with Gasteiger partial charge in [-0.25, -0.2) is 0 Å². The fourth-order valence-electron chi connectivity index (χ4n) is 5.66. The predicted octanol–water partition coefficient (Wildman–Crippen LogP) is 6.60. The van der Waals surface area contributed by atoms with E-state index in [0.29, 0.717) is 24.5 Å². The molecule has 1 heterocycles. The summed E-state index contributed by atoms with van der Waals surface area (Å²) >= 11 is 5.67. The summed E-state index contributed by atoms with van der Waals surface area (Å²) in [5.41, 5.74) is 5.02. The molecule has 0 aromatic heterocycles. The molecule has 2 aliphatic rings. The van der Waals surface area contributed by atoms with Gasteiger partial charge in [-0.15, -0.1) is 0 Å². The number of nitrogens with one attached hydrogen (secondary N) is 2. The first kappa shape index (κ1) is 28.4. The molecule has 40 heavy (non-hydrogen) atoms. The summed E-state index contributed by atoms with van der Waals surface area (Å²) in [7, 11) is 0. The first-order valence-electron chi connectivity index (χ1n) is 14.5. The van der Waals surface area contributed by atoms with Crippen LogP contribution in [0.15, 0.2) is 72.8 Å². The van der Waals surface area contributed by atoms with E-state index in [4.69, 9.17) is 21.7 Å². The normalized spacial score (nSPS) is 20.5. The topological polar surface area (TPSA) is 45.8 Å². The quantitative estimate of drug-likeness (QED) is 0.216. The van der Waals surface area contributed by atoms with Gasteiger partial charge < -0.3 is 25.0 Å². The Bertz CT molecular complexity index is 1270. The fraction of sp³-hybridized carbons (Fsp3) is 0.441. The highest BCUT2D eigenvalue weighted by Crippen LogP contribution is 2.45. The van der Waals surface area contributed by atoms with Gasteiger partial charge in [-0.05, 0) is 90.3 Å². The Morgan fingerprint density at radius 2 is 1.60 bits per heavy atom. The van der Waals surface area contributed by atoms with Crippen molar-refractivity contribution in [3.63, 3.8) is 0 Å². The van der Waals surface area contributed by atoms with Crippen LogP contribution in [0.2, 0.25) is 0 Å². The van der Waals surface area contributed by atoms with E-state index in [1.165, 1.54) is 16.7 Å². The summed E-state index contributed by atoms with van der Waals surface area (Å²) < 4.78 is 12.2. The lowest BCUT2D eigenvalue weighted by Crippen LogP contribution is -2.38. The van der Waals surface area contributed by atoms with Crippen LogP contribution in [-0.4, -0.2) is 48.4 Å². The van der Waals surface area contributed by atoms with E-state index < -0.39 is 0 Å². The number of ether oxygens (including phenoxy) is 2. The molecule has 0 spiro atoms. The number of benzene rings is 3. The lowest BCUT2D eigenvalue weighted by Gasteiger charge is -2.24. The molecule has 0 unspecified atom stereocenters. The van der Waals surface area contributed by atoms with Crippen LogP contribution >= 0.6 is 12.2 Å². The first-order chi connectivity index (χ1) is 19.2. The second-order valence-electron chi connectivity index (χ2n) is 12.4. The standard InChI is InChI=1S/C34H43N3O2S/c1-23-8-6-7-9-31(23)36-33(40)37-21-29-30(22-37)32(29)35-18-19-38-27-14-10-25(11-15-27)20-24(2)39-28-16-12-26(13-17-28)34(3,4)5/h6-17,24,29-30,32,35H,18-22H2,1-5H3,(H,36,40)/t24-,29-,30+,32+/m1/s1. The third-order valence-electron chi connectivity index (χ3n) is 8.12. The molecule has 0 bridgehead atoms. The van der Waals surface area contributed by atoms with Crippen LogP contribution < -0.4 is 20.1 Å². The highest BCUT2D eigenvalue weighted by molar-refractivity contribution is 7.80. The highest BCUT2D eigenvalue weighted by atomic mass is 32.1. The summed E-state index contributed by atoms with van der Waals surface area (Å²) in [5.74, 6) is 3.18. The largest absolute Gasteiger partial charge is 0.492 e. The number of para-hydroxylation sites is 1. The first-order valence-corrected chi connectivity index (χ1v) is 14.9. The summed E-state index contributed by atoms with van der Waals surface area (Å²) in [6.07, 6.45) is 0.951. The minimum Gasteiger partial charge on any atom is -0.492 e. The van der Waals surface area contributed by atoms with Gasteiger partial charge in [-0.2, -0.15) is 0 Å². The number of thiocarbonyl (C=S) groups is 1. The third-order valence-corrected chi connectivity index (χ3v) is 8.48. The van der Waals surface area contributed by atoms with Crippen molar-refractivity contribution in [3.05, 3.63) is 89.5 Å². The lowest BCUT2D eigenvalue weighted by atomic mass is 9.87. The molecule has 2 fully saturated rings. The average Bonchev–Trinajstić information content (AvgIpc) is 3.35. The number of anilines is 1. The number of fused-ring (bicyclic) bond motifs is 1. The second-order valence-corrected chi connectivity index (χ2v) is 12.7. The van der Waals surface area contributed by atoms with Gasteiger partial charge in [0.15, 0.2) is 5.11 Å². The maximum Gasteiger partial charge on any atom is 0.173 e. The smallest absolute Gasteiger partial charge is 0.173 e. The molecule has 0 radical (unpaired) electrons. The maximum absolute atomic E-state index is 6.15. The number of piperidine rings is 1. The van der Waals surface area contributed by atoms with Crippen LogP contribution in [0.4, 0.5) is 5.69 Å². The van der Waals surface area contributed by atoms with Gasteiger partial charge in [0.2, 0.25) is 0 Å². The Morgan fingerprint density at radius 1 is 0.950 bits per heavy atom. The SMILES string of the molecule is Cc1ccccc1NC(=S)N1C[C@@H]2[C@H](C1)[C@H]2NCCOc1ccc(C[C@@H](C)Oc2ccc(C(C)(C)C)cc2)cc1. The number of hydrogen-bond acceptors (Lipinski definition) is 4. The fourth-order valence-corrected chi connectivity index (χ4v) is 5.92. The van der Waals surface area contributed by atoms with Crippen LogP contribution in [-0.2, 0) is 11.8 Å². The monoisotopic (exact) mass is 557 g/mol. The zero-order chi connectivity index (χ0) is 28.3. The Labute approximate surface area is 245 Å². The molecule has 6 heteroatoms. The maximum atomic E-state index is 6.15. The van der Waals surface area contributed by atoms with Gasteiger partial charge in [0.25, 0.3) is 0 Å². The molecule has 5 nitrogen and oxygen atoms in total. The third kappa shape index (κ3) is 7.15. The summed E-state index contributed by atoms with van der Waals surface area (Å²) in [5, 5.41) is 7.94. The van der Waals surface area contributed by atoms with E-state index in [-0.39, 0.29) is 11.5 Å². The van der Waals surface area contributed by atoms with Crippen molar-refractivity contribution in [1.82, 2.24) is 10.2 Å². The van der Waals surface area contributed by atoms with Crippen LogP contribution in [0.25, 0.3) is 0 Å². The van der Waals surface area contributed by atoms with Crippen LogP contribution in [0.5, 0.6) is 11.5 Å². The van der Waals surface area contributed by atoms with Crippen molar-refractivity contribution in [2.75, 3.05) is 31.6 Å². The Morgan fingerprint density at radius 3 is 2.25 bits per heavy atom. The molecule has 1 saturated heterocycles. The zero-order valence-corrected chi connectivity index (χ0v) is 25.3. The summed E-state index contributed by atoms with van der Waals surface area (Å²) in [6, 6.07) is 25.7. The van der Waals surface area contributed by atoms with E-state index in [2.05, 4.69) is 117 Å². The minimum atomic E-state index is 0.0953. The molecule has 5 rings (SSSR count). The lowest BCUT2D eigenvalue weighted by molar-refractivity contribution is 0.222. The molecule has 3 aromatic rings. The van der Waals surface area contributed by atoms with Crippen molar-refractivity contribution in [3.8, 4) is 11.5 Å². The minimum absolute atomic E-state index is 0.0953. The van der Waals surface area contributed by atoms with Crippen molar-refractivity contribution < 1.29 is 9.47 Å². The number of hydrogen-bond donors (Lipinski definition) is 2. The second kappa shape index (κ2) is 12.2. The molecule has 0 amide bonds. The van der Waals surface area contributed by atoms with Crippen LogP contribution in [0, 0.1) is 18.8 Å². The number of likely N-dealkylation sites (tertiary alicyclic amines) is 1. The van der Waals surface area contributed by atoms with Crippen molar-refractivity contribution in [2.45, 2.75) is 58.6 Å². The summed E-state index contributed by atoms with van der Waals surface area (Å²) in [6.45, 7) is 14.5. The van der Waals surface area contributed by atoms with Crippen LogP contribution in [0.1, 0.15) is 44.4 Å². The molecule has 1 saturated carbocycles. The van der Waals surface area contributed by atoms with Crippen molar-refractivity contribution in [1.29, 1.82) is 0 Å². The Balaban J connectivity index is 0.971. The molecule has 1 aliphatic heterocycles. The van der Waals surface area contributed by atoms with Crippen molar-refractivity contribution in [2.24, 2.45) is 11.8 Å². The molecular formula is C34H43N3O2S. The van der Waals surface area contributed by atoms with Crippen LogP contribution in [0.3, 0.4) is 0 Å². The van der Waals surface area contributed by atoms with Gasteiger partial charge >= 0.3 is 0 Å². The number of nitrogens with zero attached hydrogens (tertiary/aromatic N) is 1. The van der Waals surface area contributed by atoms with Gasteiger partial charge in [0, 0.05) is 37.8 Å². The van der Waals surface area contributed by atoms with Gasteiger partial charge in [0.05, 0.1) is 6.10 Å². The van der Waals surface area contributed by atoms with Gasteiger partial charge in [-0.1, -0.05) is 63.2 Å². The Kier molecular flexibility index (Phi) is 8.67. The molecule has 2 N–H and O–H groups in total. The van der Waals surface area contributed by atoms with E-state index in [0.717, 1.165) is 48.4 Å². The van der Waals surface area contributed by atoms with E-state index in [9.17, 15) is 0 Å². The van der Waals surface area contributed by atoms with Gasteiger partial charge in [-0.3, -0.25) is 0 Å². The van der Waals surface area contributed by atoms with E-state index in [1.54, 1.807) is 0 Å². The molecule has 4 atom stereocenters. The molecule has 1 aliphatic carbocycles. The van der Waals surface area contributed by atoms with E-state index >= 15 is 0 Å². The molecule has 212 valence electrons. The number of aryl methyl sites for hydroxylation is 1. The zero-order valence-electron chi connectivity index (χ0n) is 24.4. The summed E-state index contributed by atoms with van der Waals surface area (Å²) in [4.78, 5) is 2.31. The molecule has 3 aromatic carbocycles. The van der Waals surface area contributed by atoms with Gasteiger partial charge in [0.1, 0.15) is 18.1 Å². The number of rotatable bonds is 10. The molecular weight excluding hydrogens is 514 g/mol. The van der Waals surface area contributed by atoms with Crippen molar-refractivity contribution >= 4 is 23.0 Å². The van der Waals surface area contributed by atoms with E-state index in [1.807, 2.05) is 6.07 Å².